The molecule has 1 aromatic carbocycles. The molecule has 1 aromatic heterocycles. The molecule has 0 radical (unpaired) electrons. The number of likely N-dealkylation sites (tertiary alicyclic amines) is 1. The molecule has 1 fully saturated rings. The number of hydrogen-bond donors (Lipinski definition) is 2. The molecule has 2 atom stereocenters. The largest absolute Gasteiger partial charge is 0.490 e. The summed E-state index contributed by atoms with van der Waals surface area (Å²) in [5.41, 5.74) is 2.73. The van der Waals surface area contributed by atoms with Gasteiger partial charge in [-0.1, -0.05) is 30.3 Å². The van der Waals surface area contributed by atoms with Crippen molar-refractivity contribution in [1.29, 1.82) is 0 Å². The number of likely N-dealkylation sites (N-methyl/N-ethyl adjacent to an activating group) is 1. The summed E-state index contributed by atoms with van der Waals surface area (Å²) in [6.45, 7) is 2.16. The number of alkyl halides is 6. The van der Waals surface area contributed by atoms with E-state index >= 15 is 0 Å². The van der Waals surface area contributed by atoms with Crippen molar-refractivity contribution in [3.8, 4) is 0 Å². The normalized spacial score (nSPS) is 18.2. The summed E-state index contributed by atoms with van der Waals surface area (Å²) in [4.78, 5) is 22.8. The van der Waals surface area contributed by atoms with Gasteiger partial charge in [0.2, 0.25) is 0 Å². The average Bonchev–Trinajstić information content (AvgIpc) is 3.34. The molecular formula is C22H28F6N4O4. The smallest absolute Gasteiger partial charge is 0.475 e. The monoisotopic (exact) mass is 526 g/mol. The Morgan fingerprint density at radius 2 is 1.50 bits per heavy atom. The number of aromatic nitrogens is 2. The number of benzene rings is 1. The second-order valence-electron chi connectivity index (χ2n) is 8.18. The van der Waals surface area contributed by atoms with Crippen LogP contribution in [0.1, 0.15) is 17.5 Å². The first-order chi connectivity index (χ1) is 16.5. The predicted molar refractivity (Wildman–Crippen MR) is 117 cm³/mol. The highest BCUT2D eigenvalue weighted by Crippen LogP contribution is 2.26. The van der Waals surface area contributed by atoms with E-state index in [1.54, 1.807) is 0 Å². The van der Waals surface area contributed by atoms with Gasteiger partial charge in [-0.25, -0.2) is 9.59 Å². The van der Waals surface area contributed by atoms with Crippen LogP contribution in [0.3, 0.4) is 0 Å². The average molecular weight is 526 g/mol. The Bertz CT molecular complexity index is 939. The molecular weight excluding hydrogens is 498 g/mol. The maximum atomic E-state index is 10.6. The van der Waals surface area contributed by atoms with Crippen LogP contribution in [0.4, 0.5) is 26.3 Å². The molecule has 1 aliphatic heterocycles. The van der Waals surface area contributed by atoms with Crippen LogP contribution in [0.2, 0.25) is 0 Å². The van der Waals surface area contributed by atoms with Crippen LogP contribution in [0.5, 0.6) is 0 Å². The molecule has 0 bridgehead atoms. The third-order valence-electron chi connectivity index (χ3n) is 5.21. The first-order valence-corrected chi connectivity index (χ1v) is 10.5. The minimum atomic E-state index is -5.08. The van der Waals surface area contributed by atoms with E-state index in [2.05, 4.69) is 65.5 Å². The third-order valence-corrected chi connectivity index (χ3v) is 5.21. The maximum Gasteiger partial charge on any atom is 0.490 e. The third kappa shape index (κ3) is 10.6. The van der Waals surface area contributed by atoms with Crippen LogP contribution in [-0.4, -0.2) is 86.8 Å². The fourth-order valence-corrected chi connectivity index (χ4v) is 3.61. The van der Waals surface area contributed by atoms with Crippen LogP contribution in [0.15, 0.2) is 42.7 Å². The molecule has 1 saturated heterocycles. The number of rotatable bonds is 5. The molecule has 3 rings (SSSR count). The van der Waals surface area contributed by atoms with E-state index in [0.717, 1.165) is 19.5 Å². The summed E-state index contributed by atoms with van der Waals surface area (Å²) in [6.07, 6.45) is -3.69. The summed E-state index contributed by atoms with van der Waals surface area (Å²) in [5.74, 6) is -5.51. The molecule has 202 valence electrons. The van der Waals surface area contributed by atoms with Crippen molar-refractivity contribution in [3.63, 3.8) is 0 Å². The van der Waals surface area contributed by atoms with E-state index in [4.69, 9.17) is 19.8 Å². The van der Waals surface area contributed by atoms with Gasteiger partial charge in [0, 0.05) is 44.0 Å². The lowest BCUT2D eigenvalue weighted by molar-refractivity contribution is -0.193. The lowest BCUT2D eigenvalue weighted by Gasteiger charge is -2.31. The number of aryl methyl sites for hydroxylation is 1. The summed E-state index contributed by atoms with van der Waals surface area (Å²) < 4.78 is 65.4. The van der Waals surface area contributed by atoms with E-state index in [0.29, 0.717) is 12.1 Å². The zero-order valence-corrected chi connectivity index (χ0v) is 19.8. The fourth-order valence-electron chi connectivity index (χ4n) is 3.61. The second-order valence-corrected chi connectivity index (χ2v) is 8.18. The van der Waals surface area contributed by atoms with Crippen molar-refractivity contribution in [1.82, 2.24) is 19.6 Å². The van der Waals surface area contributed by atoms with Gasteiger partial charge in [0.1, 0.15) is 0 Å². The van der Waals surface area contributed by atoms with Gasteiger partial charge in [0.05, 0.1) is 6.20 Å². The second kappa shape index (κ2) is 13.3. The Balaban J connectivity index is 0.000000383. The van der Waals surface area contributed by atoms with E-state index < -0.39 is 24.3 Å². The summed E-state index contributed by atoms with van der Waals surface area (Å²) in [5, 5.41) is 18.6. The highest BCUT2D eigenvalue weighted by Gasteiger charge is 2.39. The molecule has 0 amide bonds. The SMILES string of the molecule is CN(C)[C@@H]1CCN(Cc2cnn(C)c2)[C@H]1Cc1ccccc1.O=C(O)C(F)(F)F.O=C(O)C(F)(F)F. The molecule has 36 heavy (non-hydrogen) atoms. The van der Waals surface area contributed by atoms with Crippen molar-refractivity contribution in [2.75, 3.05) is 20.6 Å². The van der Waals surface area contributed by atoms with Gasteiger partial charge in [-0.15, -0.1) is 0 Å². The highest BCUT2D eigenvalue weighted by atomic mass is 19.4. The fraction of sp³-hybridized carbons (Fsp3) is 0.500. The molecule has 0 saturated carbocycles. The van der Waals surface area contributed by atoms with Crippen LogP contribution in [0.25, 0.3) is 0 Å². The lowest BCUT2D eigenvalue weighted by Crippen LogP contribution is -2.43. The molecule has 2 heterocycles. The number of carboxylic acids is 2. The van der Waals surface area contributed by atoms with Crippen LogP contribution >= 0.6 is 0 Å². The zero-order chi connectivity index (χ0) is 27.7. The maximum absolute atomic E-state index is 10.6. The van der Waals surface area contributed by atoms with Crippen LogP contribution in [-0.2, 0) is 29.6 Å². The van der Waals surface area contributed by atoms with Gasteiger partial charge in [0.15, 0.2) is 0 Å². The molecule has 8 nitrogen and oxygen atoms in total. The first kappa shape index (κ1) is 30.9. The van der Waals surface area contributed by atoms with Crippen molar-refractivity contribution in [3.05, 3.63) is 53.9 Å². The Morgan fingerprint density at radius 1 is 1.00 bits per heavy atom. The molecule has 0 unspecified atom stereocenters. The Labute approximate surface area is 203 Å². The number of aliphatic carboxylic acids is 2. The van der Waals surface area contributed by atoms with Gasteiger partial charge >= 0.3 is 24.3 Å². The van der Waals surface area contributed by atoms with E-state index in [9.17, 15) is 26.3 Å². The topological polar surface area (TPSA) is 98.9 Å². The van der Waals surface area contributed by atoms with Gasteiger partial charge in [0.25, 0.3) is 0 Å². The molecule has 0 aliphatic carbocycles. The van der Waals surface area contributed by atoms with Crippen molar-refractivity contribution in [2.24, 2.45) is 7.05 Å². The van der Waals surface area contributed by atoms with E-state index in [1.807, 2.05) is 17.9 Å². The standard InChI is InChI=1S/C18H26N4.2C2HF3O2/c1-20(2)17-9-10-22(14-16-12-19-21(3)13-16)18(17)11-15-7-5-4-6-8-15;2*3-2(4,5)1(6)7/h4-8,12-13,17-18H,9-11,14H2,1-3H3;2*(H,6,7)/t17-,18+;;/m1../s1. The summed E-state index contributed by atoms with van der Waals surface area (Å²) in [7, 11) is 6.39. The quantitative estimate of drug-likeness (QED) is 0.576. The minimum absolute atomic E-state index is 0.567. The molecule has 2 aromatic rings. The van der Waals surface area contributed by atoms with Crippen molar-refractivity contribution >= 4 is 11.9 Å². The number of hydrogen-bond acceptors (Lipinski definition) is 5. The van der Waals surface area contributed by atoms with E-state index in [1.165, 1.54) is 17.5 Å². The van der Waals surface area contributed by atoms with E-state index in [-0.39, 0.29) is 0 Å². The van der Waals surface area contributed by atoms with Gasteiger partial charge < -0.3 is 15.1 Å². The number of nitrogens with zero attached hydrogens (tertiary/aromatic N) is 4. The molecule has 14 heteroatoms. The number of carbonyl (C=O) groups is 2. The Morgan fingerprint density at radius 3 is 1.89 bits per heavy atom. The first-order valence-electron chi connectivity index (χ1n) is 10.5. The highest BCUT2D eigenvalue weighted by molar-refractivity contribution is 5.73. The lowest BCUT2D eigenvalue weighted by atomic mass is 9.99. The number of halogens is 6. The predicted octanol–water partition coefficient (Wildman–Crippen LogP) is 3.43. The van der Waals surface area contributed by atoms with Crippen LogP contribution in [0, 0.1) is 0 Å². The molecule has 1 aliphatic rings. The van der Waals surface area contributed by atoms with Gasteiger partial charge in [-0.05, 0) is 32.5 Å². The summed E-state index contributed by atoms with van der Waals surface area (Å²) in [6, 6.07) is 12.0. The number of carboxylic acid groups (broad SMARTS) is 2. The molecule has 2 N–H and O–H groups in total. The summed E-state index contributed by atoms with van der Waals surface area (Å²) >= 11 is 0. The Hall–Kier alpha value is -3.13. The zero-order valence-electron chi connectivity index (χ0n) is 19.8. The van der Waals surface area contributed by atoms with Crippen molar-refractivity contribution < 1.29 is 46.1 Å². The minimum Gasteiger partial charge on any atom is -0.475 e. The van der Waals surface area contributed by atoms with Crippen LogP contribution < -0.4 is 0 Å². The van der Waals surface area contributed by atoms with Gasteiger partial charge in [-0.2, -0.15) is 31.4 Å². The van der Waals surface area contributed by atoms with Gasteiger partial charge in [-0.3, -0.25) is 9.58 Å². The van der Waals surface area contributed by atoms with Crippen molar-refractivity contribution in [2.45, 2.75) is 43.8 Å². The Kier molecular flexibility index (Phi) is 11.4. The molecule has 0 spiro atoms.